The van der Waals surface area contributed by atoms with Crippen LogP contribution in [0, 0.1) is 17.8 Å². The molecule has 2 aromatic rings. The monoisotopic (exact) mass is 530 g/mol. The quantitative estimate of drug-likeness (QED) is 0.313. The highest BCUT2D eigenvalue weighted by atomic mass is 32.2. The summed E-state index contributed by atoms with van der Waals surface area (Å²) in [5.41, 5.74) is 2.34. The average molecular weight is 531 g/mol. The van der Waals surface area contributed by atoms with Gasteiger partial charge in [-0.25, -0.2) is 0 Å². The van der Waals surface area contributed by atoms with Gasteiger partial charge in [0.15, 0.2) is 0 Å². The van der Waals surface area contributed by atoms with Crippen LogP contribution in [0.4, 0.5) is 9.59 Å². The van der Waals surface area contributed by atoms with E-state index in [9.17, 15) is 9.59 Å². The summed E-state index contributed by atoms with van der Waals surface area (Å²) in [6.45, 7) is 18.5. The van der Waals surface area contributed by atoms with E-state index < -0.39 is 0 Å². The molecule has 0 aliphatic carbocycles. The van der Waals surface area contributed by atoms with Gasteiger partial charge in [0, 0.05) is 30.9 Å². The maximum Gasteiger partial charge on any atom is 0.282 e. The SMILES string of the molecule is CC(C)C(C)C(C)N(Cc1ccccc1)C(=O)S.CCN(C(=O)SCc1ccccc1)C(C)C(C)C. The van der Waals surface area contributed by atoms with Crippen molar-refractivity contribution in [1.29, 1.82) is 0 Å². The van der Waals surface area contributed by atoms with Crippen molar-refractivity contribution in [2.45, 2.75) is 79.8 Å². The number of benzene rings is 2. The summed E-state index contributed by atoms with van der Waals surface area (Å²) in [7, 11) is 0. The van der Waals surface area contributed by atoms with Crippen LogP contribution < -0.4 is 0 Å². The third kappa shape index (κ3) is 11.0. The van der Waals surface area contributed by atoms with Gasteiger partial charge < -0.3 is 9.80 Å². The lowest BCUT2D eigenvalue weighted by atomic mass is 9.90. The van der Waals surface area contributed by atoms with E-state index in [-0.39, 0.29) is 16.5 Å². The van der Waals surface area contributed by atoms with Crippen molar-refractivity contribution >= 4 is 34.9 Å². The van der Waals surface area contributed by atoms with Gasteiger partial charge in [0.1, 0.15) is 0 Å². The summed E-state index contributed by atoms with van der Waals surface area (Å²) in [5.74, 6) is 2.24. The van der Waals surface area contributed by atoms with Crippen LogP contribution in [0.15, 0.2) is 60.7 Å². The minimum absolute atomic E-state index is 0.154. The first kappa shape index (κ1) is 32.1. The van der Waals surface area contributed by atoms with Gasteiger partial charge in [0.2, 0.25) is 0 Å². The molecule has 0 aromatic heterocycles. The molecule has 200 valence electrons. The highest BCUT2D eigenvalue weighted by Gasteiger charge is 2.25. The van der Waals surface area contributed by atoms with Crippen molar-refractivity contribution in [3.05, 3.63) is 71.8 Å². The largest absolute Gasteiger partial charge is 0.331 e. The molecule has 0 aliphatic rings. The fourth-order valence-corrected chi connectivity index (χ4v) is 4.95. The number of rotatable bonds is 10. The molecule has 0 aliphatic heterocycles. The summed E-state index contributed by atoms with van der Waals surface area (Å²) in [5, 5.41) is 0.0291. The van der Waals surface area contributed by atoms with Crippen LogP contribution in [0.2, 0.25) is 0 Å². The van der Waals surface area contributed by atoms with Gasteiger partial charge in [-0.15, -0.1) is 0 Å². The number of amides is 2. The Morgan fingerprint density at radius 1 is 0.750 bits per heavy atom. The summed E-state index contributed by atoms with van der Waals surface area (Å²) < 4.78 is 0. The minimum atomic E-state index is -0.154. The Bertz CT molecular complexity index is 890. The lowest BCUT2D eigenvalue weighted by Crippen LogP contribution is -2.40. The predicted molar refractivity (Wildman–Crippen MR) is 160 cm³/mol. The second kappa shape index (κ2) is 16.8. The van der Waals surface area contributed by atoms with Crippen molar-refractivity contribution in [3.8, 4) is 0 Å². The Labute approximate surface area is 229 Å². The summed E-state index contributed by atoms with van der Waals surface area (Å²) in [6.07, 6.45) is 0. The molecule has 3 atom stereocenters. The molecular weight excluding hydrogens is 484 g/mol. The highest BCUT2D eigenvalue weighted by molar-refractivity contribution is 8.12. The highest BCUT2D eigenvalue weighted by Crippen LogP contribution is 2.23. The Kier molecular flexibility index (Phi) is 14.9. The fraction of sp³-hybridized carbons (Fsp3) is 0.533. The second-order valence-corrected chi connectivity index (χ2v) is 11.4. The van der Waals surface area contributed by atoms with E-state index in [1.807, 2.05) is 65.3 Å². The van der Waals surface area contributed by atoms with Crippen LogP contribution in [0.3, 0.4) is 0 Å². The summed E-state index contributed by atoms with van der Waals surface area (Å²) in [4.78, 5) is 27.7. The Morgan fingerprint density at radius 3 is 1.67 bits per heavy atom. The van der Waals surface area contributed by atoms with Gasteiger partial charge in [0.05, 0.1) is 0 Å². The number of hydrogen-bond acceptors (Lipinski definition) is 3. The van der Waals surface area contributed by atoms with Crippen LogP contribution >= 0.6 is 24.4 Å². The van der Waals surface area contributed by atoms with Crippen molar-refractivity contribution < 1.29 is 9.59 Å². The first-order chi connectivity index (χ1) is 17.0. The topological polar surface area (TPSA) is 40.6 Å². The molecule has 0 fully saturated rings. The third-order valence-corrected chi connectivity index (χ3v) is 8.20. The van der Waals surface area contributed by atoms with E-state index in [0.29, 0.717) is 30.3 Å². The average Bonchev–Trinajstić information content (AvgIpc) is 2.86. The molecule has 0 heterocycles. The number of nitrogens with zero attached hydrogens (tertiary/aromatic N) is 2. The maximum atomic E-state index is 12.2. The zero-order chi connectivity index (χ0) is 27.3. The minimum Gasteiger partial charge on any atom is -0.331 e. The zero-order valence-corrected chi connectivity index (χ0v) is 25.1. The Balaban J connectivity index is 0.000000360. The first-order valence-electron chi connectivity index (χ1n) is 13.0. The molecule has 0 spiro atoms. The smallest absolute Gasteiger partial charge is 0.282 e. The van der Waals surface area contributed by atoms with Crippen LogP contribution in [-0.2, 0) is 12.3 Å². The second-order valence-electron chi connectivity index (χ2n) is 10.1. The lowest BCUT2D eigenvalue weighted by molar-refractivity contribution is 0.159. The molecule has 0 bridgehead atoms. The lowest BCUT2D eigenvalue weighted by Gasteiger charge is -2.34. The Hall–Kier alpha value is -1.92. The van der Waals surface area contributed by atoms with E-state index in [0.717, 1.165) is 17.9 Å². The van der Waals surface area contributed by atoms with Crippen LogP contribution in [-0.4, -0.2) is 38.9 Å². The van der Waals surface area contributed by atoms with E-state index in [4.69, 9.17) is 0 Å². The molecule has 0 saturated carbocycles. The van der Waals surface area contributed by atoms with Crippen LogP contribution in [0.25, 0.3) is 0 Å². The normalized spacial score (nSPS) is 13.4. The number of hydrogen-bond donors (Lipinski definition) is 1. The number of thioether (sulfide) groups is 1. The van der Waals surface area contributed by atoms with Crippen molar-refractivity contribution in [2.24, 2.45) is 17.8 Å². The number of carbonyl (C=O) groups excluding carboxylic acids is 2. The first-order valence-corrected chi connectivity index (χ1v) is 14.4. The number of carbonyl (C=O) groups is 2. The maximum absolute atomic E-state index is 12.2. The molecule has 36 heavy (non-hydrogen) atoms. The van der Waals surface area contributed by atoms with Crippen molar-refractivity contribution in [1.82, 2.24) is 9.80 Å². The summed E-state index contributed by atoms with van der Waals surface area (Å²) in [6, 6.07) is 20.7. The summed E-state index contributed by atoms with van der Waals surface area (Å²) >= 11 is 5.41. The van der Waals surface area contributed by atoms with Gasteiger partial charge in [0.25, 0.3) is 10.5 Å². The standard InChI is InChI=1S/2C15H23NOS/c1-11(2)12(3)13(4)16(15(17)18)10-14-8-6-5-7-9-14;1-5-16(13(4)12(2)3)15(17)18-11-14-9-7-6-8-10-14/h5-9,11-13H,10H2,1-4H3,(H,17,18);6-10,12-13H,5,11H2,1-4H3. The van der Waals surface area contributed by atoms with Crippen LogP contribution in [0.1, 0.15) is 66.5 Å². The van der Waals surface area contributed by atoms with Gasteiger partial charge >= 0.3 is 0 Å². The molecule has 0 N–H and O–H groups in total. The number of thiol groups is 1. The van der Waals surface area contributed by atoms with Crippen molar-refractivity contribution in [2.75, 3.05) is 6.54 Å². The van der Waals surface area contributed by atoms with Crippen LogP contribution in [0.5, 0.6) is 0 Å². The van der Waals surface area contributed by atoms with E-state index in [2.05, 4.69) is 73.2 Å². The van der Waals surface area contributed by atoms with Crippen molar-refractivity contribution in [3.63, 3.8) is 0 Å². The predicted octanol–water partition coefficient (Wildman–Crippen LogP) is 8.63. The van der Waals surface area contributed by atoms with Gasteiger partial charge in [-0.05, 0) is 49.7 Å². The molecule has 0 saturated heterocycles. The zero-order valence-electron chi connectivity index (χ0n) is 23.3. The molecule has 3 unspecified atom stereocenters. The molecule has 4 nitrogen and oxygen atoms in total. The van der Waals surface area contributed by atoms with E-state index in [1.165, 1.54) is 17.3 Å². The third-order valence-electron chi connectivity index (χ3n) is 6.98. The molecule has 2 amide bonds. The molecule has 2 aromatic carbocycles. The van der Waals surface area contributed by atoms with Gasteiger partial charge in [-0.1, -0.05) is 120 Å². The molecule has 0 radical (unpaired) electrons. The van der Waals surface area contributed by atoms with Gasteiger partial charge in [-0.2, -0.15) is 0 Å². The molecule has 6 heteroatoms. The van der Waals surface area contributed by atoms with Gasteiger partial charge in [-0.3, -0.25) is 9.59 Å². The molecule has 2 rings (SSSR count). The van der Waals surface area contributed by atoms with E-state index in [1.54, 1.807) is 0 Å². The van der Waals surface area contributed by atoms with E-state index >= 15 is 0 Å². The Morgan fingerprint density at radius 2 is 1.25 bits per heavy atom. The molecular formula is C30H46N2O2S2. The fourth-order valence-electron chi connectivity index (χ4n) is 3.75.